The van der Waals surface area contributed by atoms with Crippen LogP contribution in [0.5, 0.6) is 5.75 Å². The minimum Gasteiger partial charge on any atom is -0.506 e. The van der Waals surface area contributed by atoms with Crippen LogP contribution in [0.15, 0.2) is 6.07 Å². The van der Waals surface area contributed by atoms with Crippen LogP contribution >= 0.6 is 11.6 Å². The van der Waals surface area contributed by atoms with Crippen LogP contribution in [0.25, 0.3) is 0 Å². The van der Waals surface area contributed by atoms with Crippen LogP contribution in [0.1, 0.15) is 48.9 Å². The van der Waals surface area contributed by atoms with Gasteiger partial charge in [-0.15, -0.1) is 0 Å². The van der Waals surface area contributed by atoms with Crippen molar-refractivity contribution in [3.8, 4) is 5.75 Å². The van der Waals surface area contributed by atoms with Gasteiger partial charge in [-0.05, 0) is 43.7 Å². The number of rotatable bonds is 1. The fourth-order valence-corrected chi connectivity index (χ4v) is 2.71. The normalized spacial score (nSPS) is 17.7. The molecule has 1 aromatic rings. The molecular formula is C13H18ClNO. The molecule has 0 aliphatic heterocycles. The molecule has 3 N–H and O–H groups in total. The van der Waals surface area contributed by atoms with Gasteiger partial charge in [-0.2, -0.15) is 0 Å². The van der Waals surface area contributed by atoms with Gasteiger partial charge in [0.2, 0.25) is 0 Å². The first-order chi connectivity index (χ1) is 7.61. The van der Waals surface area contributed by atoms with Crippen LogP contribution < -0.4 is 5.73 Å². The lowest BCUT2D eigenvalue weighted by Gasteiger charge is -2.16. The van der Waals surface area contributed by atoms with Crippen molar-refractivity contribution in [3.63, 3.8) is 0 Å². The molecule has 1 atom stereocenters. The number of phenols is 1. The van der Waals surface area contributed by atoms with Gasteiger partial charge in [0.1, 0.15) is 5.75 Å². The molecule has 1 aromatic carbocycles. The maximum atomic E-state index is 10.0. The molecule has 1 unspecified atom stereocenters. The minimum absolute atomic E-state index is 0.175. The molecule has 88 valence electrons. The smallest absolute Gasteiger partial charge is 0.139 e. The number of hydrogen-bond donors (Lipinski definition) is 2. The molecule has 1 aliphatic carbocycles. The summed E-state index contributed by atoms with van der Waals surface area (Å²) < 4.78 is 0. The van der Waals surface area contributed by atoms with E-state index in [1.165, 1.54) is 18.4 Å². The van der Waals surface area contributed by atoms with Crippen molar-refractivity contribution in [2.75, 3.05) is 0 Å². The summed E-state index contributed by atoms with van der Waals surface area (Å²) in [4.78, 5) is 0. The summed E-state index contributed by atoms with van der Waals surface area (Å²) in [6.45, 7) is 1.87. The first kappa shape index (κ1) is 11.7. The molecule has 1 aliphatic rings. The van der Waals surface area contributed by atoms with Gasteiger partial charge in [-0.25, -0.2) is 0 Å². The Bertz CT molecular complexity index is 401. The lowest BCUT2D eigenvalue weighted by Crippen LogP contribution is -2.07. The van der Waals surface area contributed by atoms with Crippen molar-refractivity contribution >= 4 is 11.6 Å². The Balaban J connectivity index is 2.55. The maximum absolute atomic E-state index is 10.0. The van der Waals surface area contributed by atoms with Crippen molar-refractivity contribution in [3.05, 3.63) is 27.8 Å². The quantitative estimate of drug-likeness (QED) is 0.739. The lowest BCUT2D eigenvalue weighted by molar-refractivity contribution is 0.463. The fraction of sp³-hybridized carbons (Fsp3) is 0.538. The van der Waals surface area contributed by atoms with E-state index < -0.39 is 0 Å². The predicted molar refractivity (Wildman–Crippen MR) is 67.0 cm³/mol. The Labute approximate surface area is 101 Å². The number of nitrogens with two attached hydrogens (primary N) is 1. The number of fused-ring (bicyclic) bond motifs is 1. The molecule has 0 saturated carbocycles. The third-order valence-corrected chi connectivity index (χ3v) is 3.73. The van der Waals surface area contributed by atoms with Gasteiger partial charge in [0.15, 0.2) is 0 Å². The number of aromatic hydroxyl groups is 1. The first-order valence-electron chi connectivity index (χ1n) is 5.90. The van der Waals surface area contributed by atoms with Gasteiger partial charge in [0.25, 0.3) is 0 Å². The van der Waals surface area contributed by atoms with E-state index >= 15 is 0 Å². The Morgan fingerprint density at radius 3 is 2.69 bits per heavy atom. The third-order valence-electron chi connectivity index (χ3n) is 3.33. The SMILES string of the molecule is CC(N)c1cc2c(c(Cl)c1O)CCCCC2. The van der Waals surface area contributed by atoms with Crippen molar-refractivity contribution < 1.29 is 5.11 Å². The van der Waals surface area contributed by atoms with Gasteiger partial charge < -0.3 is 10.8 Å². The number of hydrogen-bond acceptors (Lipinski definition) is 2. The molecule has 2 nitrogen and oxygen atoms in total. The summed E-state index contributed by atoms with van der Waals surface area (Å²) in [6, 6.07) is 1.86. The van der Waals surface area contributed by atoms with Crippen LogP contribution in [0.4, 0.5) is 0 Å². The van der Waals surface area contributed by atoms with E-state index in [2.05, 4.69) is 0 Å². The highest BCUT2D eigenvalue weighted by Gasteiger charge is 2.19. The largest absolute Gasteiger partial charge is 0.506 e. The van der Waals surface area contributed by atoms with E-state index in [9.17, 15) is 5.11 Å². The first-order valence-corrected chi connectivity index (χ1v) is 6.27. The van der Waals surface area contributed by atoms with Crippen molar-refractivity contribution in [1.29, 1.82) is 0 Å². The molecule has 0 amide bonds. The molecule has 0 saturated heterocycles. The van der Waals surface area contributed by atoms with E-state index in [-0.39, 0.29) is 11.8 Å². The summed E-state index contributed by atoms with van der Waals surface area (Å²) in [5.74, 6) is 0.178. The highest BCUT2D eigenvalue weighted by molar-refractivity contribution is 6.33. The summed E-state index contributed by atoms with van der Waals surface area (Å²) in [5, 5.41) is 10.5. The predicted octanol–water partition coefficient (Wildman–Crippen LogP) is 3.33. The standard InChI is InChI=1S/C13H18ClNO/c1-8(15)11-7-9-5-3-2-4-6-10(9)12(14)13(11)16/h7-8,16H,2-6,15H2,1H3. The van der Waals surface area contributed by atoms with Gasteiger partial charge in [-0.3, -0.25) is 0 Å². The van der Waals surface area contributed by atoms with Crippen molar-refractivity contribution in [2.24, 2.45) is 5.73 Å². The van der Waals surface area contributed by atoms with Crippen LogP contribution in [0, 0.1) is 0 Å². The second-order valence-electron chi connectivity index (χ2n) is 4.62. The van der Waals surface area contributed by atoms with Gasteiger partial charge in [-0.1, -0.05) is 24.1 Å². The minimum atomic E-state index is -0.175. The van der Waals surface area contributed by atoms with Crippen molar-refractivity contribution in [1.82, 2.24) is 0 Å². The van der Waals surface area contributed by atoms with Crippen LogP contribution in [-0.2, 0) is 12.8 Å². The molecular weight excluding hydrogens is 222 g/mol. The summed E-state index contributed by atoms with van der Waals surface area (Å²) in [7, 11) is 0. The highest BCUT2D eigenvalue weighted by atomic mass is 35.5. The van der Waals surface area contributed by atoms with E-state index in [1.54, 1.807) is 0 Å². The summed E-state index contributed by atoms with van der Waals surface area (Å²) in [6.07, 6.45) is 5.62. The average molecular weight is 240 g/mol. The van der Waals surface area contributed by atoms with Gasteiger partial charge in [0, 0.05) is 11.6 Å². The number of benzene rings is 1. The Morgan fingerprint density at radius 1 is 1.31 bits per heavy atom. The number of phenolic OH excluding ortho intramolecular Hbond substituents is 1. The fourth-order valence-electron chi connectivity index (χ4n) is 2.39. The zero-order chi connectivity index (χ0) is 11.7. The number of halogens is 1. The lowest BCUT2D eigenvalue weighted by atomic mass is 9.96. The second-order valence-corrected chi connectivity index (χ2v) is 4.99. The molecule has 0 radical (unpaired) electrons. The molecule has 0 spiro atoms. The Morgan fingerprint density at radius 2 is 2.00 bits per heavy atom. The van der Waals surface area contributed by atoms with Crippen LogP contribution in [-0.4, -0.2) is 5.11 Å². The molecule has 0 bridgehead atoms. The molecule has 3 heteroatoms. The van der Waals surface area contributed by atoms with Crippen LogP contribution in [0.2, 0.25) is 5.02 Å². The molecule has 16 heavy (non-hydrogen) atoms. The highest BCUT2D eigenvalue weighted by Crippen LogP contribution is 2.38. The van der Waals surface area contributed by atoms with Crippen LogP contribution in [0.3, 0.4) is 0 Å². The summed E-state index contributed by atoms with van der Waals surface area (Å²) in [5.41, 5.74) is 9.00. The van der Waals surface area contributed by atoms with E-state index in [0.717, 1.165) is 30.4 Å². The monoisotopic (exact) mass is 239 g/mol. The molecule has 2 rings (SSSR count). The second kappa shape index (κ2) is 4.64. The number of aryl methyl sites for hydroxylation is 1. The molecule has 0 fully saturated rings. The molecule has 0 heterocycles. The van der Waals surface area contributed by atoms with Gasteiger partial charge >= 0.3 is 0 Å². The zero-order valence-electron chi connectivity index (χ0n) is 9.59. The van der Waals surface area contributed by atoms with E-state index in [1.807, 2.05) is 13.0 Å². The average Bonchev–Trinajstić information content (AvgIpc) is 2.48. The van der Waals surface area contributed by atoms with Crippen molar-refractivity contribution in [2.45, 2.75) is 45.1 Å². The maximum Gasteiger partial charge on any atom is 0.139 e. The summed E-state index contributed by atoms with van der Waals surface area (Å²) >= 11 is 6.23. The van der Waals surface area contributed by atoms with Gasteiger partial charge in [0.05, 0.1) is 5.02 Å². The van der Waals surface area contributed by atoms with E-state index in [0.29, 0.717) is 5.02 Å². The Hall–Kier alpha value is -0.730. The van der Waals surface area contributed by atoms with E-state index in [4.69, 9.17) is 17.3 Å². The zero-order valence-corrected chi connectivity index (χ0v) is 10.3. The Kier molecular flexibility index (Phi) is 3.41. The third kappa shape index (κ3) is 2.04. The molecule has 0 aromatic heterocycles. The topological polar surface area (TPSA) is 46.2 Å².